The molecule has 0 bridgehead atoms. The van der Waals surface area contributed by atoms with Crippen molar-refractivity contribution in [2.24, 2.45) is 0 Å². The van der Waals surface area contributed by atoms with Crippen LogP contribution in [-0.4, -0.2) is 44.2 Å². The molecule has 6 rings (SSSR count). The van der Waals surface area contributed by atoms with Gasteiger partial charge in [-0.1, -0.05) is 23.5 Å². The maximum atomic E-state index is 13.3. The predicted octanol–water partition coefficient (Wildman–Crippen LogP) is 6.19. The summed E-state index contributed by atoms with van der Waals surface area (Å²) in [6, 6.07) is 13.9. The summed E-state index contributed by atoms with van der Waals surface area (Å²) in [7, 11) is 0. The lowest BCUT2D eigenvalue weighted by atomic mass is 9.85. The summed E-state index contributed by atoms with van der Waals surface area (Å²) >= 11 is 0.969. The number of nitrogens with zero attached hydrogens (tertiary/aromatic N) is 2. The number of aromatic nitrogens is 3. The average Bonchev–Trinajstić information content (AvgIpc) is 3.41. The number of hydrogen-bond acceptors (Lipinski definition) is 11. The van der Waals surface area contributed by atoms with Crippen molar-refractivity contribution in [3.8, 4) is 23.1 Å². The molecule has 1 aliphatic heterocycles. The molecule has 0 saturated carbocycles. The van der Waals surface area contributed by atoms with Crippen molar-refractivity contribution < 1.29 is 33.6 Å². The van der Waals surface area contributed by atoms with Crippen molar-refractivity contribution in [3.05, 3.63) is 127 Å². The van der Waals surface area contributed by atoms with Crippen molar-refractivity contribution in [3.63, 3.8) is 0 Å². The minimum atomic E-state index is -0.924. The van der Waals surface area contributed by atoms with Crippen LogP contribution >= 0.6 is 11.3 Å². The molecule has 0 aliphatic carbocycles. The first-order chi connectivity index (χ1) is 23.0. The topological polar surface area (TPSA) is 150 Å². The molecular formula is C36H33N3O8S. The largest absolute Gasteiger partial charge is 0.494 e. The second-order valence-electron chi connectivity index (χ2n) is 11.9. The lowest BCUT2D eigenvalue weighted by molar-refractivity contribution is -0.0436. The fourth-order valence-corrected chi connectivity index (χ4v) is 6.43. The van der Waals surface area contributed by atoms with E-state index >= 15 is 0 Å². The molecule has 1 aliphatic rings. The maximum absolute atomic E-state index is 13.3. The number of hydrogen-bond donors (Lipinski definition) is 2. The standard InChI is InChI=1S/C36H33N3O8S/c1-20-21(2)31-29(22(3)30(20)46-34(42)25-8-6-14-38-18-25)27(45-33(41)24-7-5-13-37-17-24)16-36(4,47-31)19-44-26-11-9-23(10-12-26)15-28-32(40)39-35(43)48-28/h5-14,17-18,27,40H,15-16,19H2,1-4H3,(H,39,43). The Balaban J connectivity index is 1.28. The Hall–Kier alpha value is -5.49. The molecule has 0 fully saturated rings. The van der Waals surface area contributed by atoms with Crippen LogP contribution in [0.15, 0.2) is 78.1 Å². The molecule has 5 aromatic rings. The van der Waals surface area contributed by atoms with Crippen molar-refractivity contribution in [1.82, 2.24) is 15.0 Å². The normalized spacial score (nSPS) is 16.8. The second-order valence-corrected chi connectivity index (χ2v) is 12.9. The third-order valence-electron chi connectivity index (χ3n) is 8.29. The Morgan fingerprint density at radius 2 is 1.65 bits per heavy atom. The van der Waals surface area contributed by atoms with Crippen LogP contribution in [-0.2, 0) is 11.2 Å². The monoisotopic (exact) mass is 667 g/mol. The Bertz CT molecular complexity index is 2030. The fourth-order valence-electron chi connectivity index (χ4n) is 5.67. The van der Waals surface area contributed by atoms with E-state index in [1.165, 1.54) is 12.4 Å². The van der Waals surface area contributed by atoms with E-state index in [1.54, 1.807) is 36.7 Å². The first-order valence-electron chi connectivity index (χ1n) is 15.2. The molecule has 2 unspecified atom stereocenters. The third kappa shape index (κ3) is 6.79. The number of fused-ring (bicyclic) bond motifs is 1. The van der Waals surface area contributed by atoms with Gasteiger partial charge >= 0.3 is 16.8 Å². The zero-order chi connectivity index (χ0) is 34.0. The molecule has 11 nitrogen and oxygen atoms in total. The average molecular weight is 668 g/mol. The van der Waals surface area contributed by atoms with E-state index in [4.69, 9.17) is 18.9 Å². The molecule has 2 atom stereocenters. The molecule has 2 N–H and O–H groups in total. The molecule has 4 heterocycles. The maximum Gasteiger partial charge on any atom is 0.345 e. The summed E-state index contributed by atoms with van der Waals surface area (Å²) in [4.78, 5) is 48.7. The van der Waals surface area contributed by atoms with E-state index < -0.39 is 23.6 Å². The van der Waals surface area contributed by atoms with Crippen LogP contribution in [0, 0.1) is 20.8 Å². The molecule has 2 aromatic carbocycles. The van der Waals surface area contributed by atoms with Gasteiger partial charge in [0, 0.05) is 48.8 Å². The quantitative estimate of drug-likeness (QED) is 0.138. The summed E-state index contributed by atoms with van der Waals surface area (Å²) in [6.45, 7) is 7.57. The van der Waals surface area contributed by atoms with Crippen LogP contribution in [0.5, 0.6) is 23.1 Å². The molecule has 246 valence electrons. The van der Waals surface area contributed by atoms with E-state index in [-0.39, 0.29) is 23.8 Å². The molecule has 12 heteroatoms. The van der Waals surface area contributed by atoms with Gasteiger partial charge in [-0.3, -0.25) is 19.7 Å². The Morgan fingerprint density at radius 1 is 0.979 bits per heavy atom. The second kappa shape index (κ2) is 13.3. The first kappa shape index (κ1) is 32.5. The molecule has 0 radical (unpaired) electrons. The number of thiazole rings is 1. The first-order valence-corrected chi connectivity index (χ1v) is 16.0. The summed E-state index contributed by atoms with van der Waals surface area (Å²) in [5.41, 5.74) is 3.25. The zero-order valence-corrected chi connectivity index (χ0v) is 27.6. The molecular weight excluding hydrogens is 634 g/mol. The van der Waals surface area contributed by atoms with Gasteiger partial charge in [0.15, 0.2) is 0 Å². The summed E-state index contributed by atoms with van der Waals surface area (Å²) in [5.74, 6) is 0.265. The van der Waals surface area contributed by atoms with E-state index in [2.05, 4.69) is 15.0 Å². The van der Waals surface area contributed by atoms with Gasteiger partial charge in [0.1, 0.15) is 35.6 Å². The van der Waals surface area contributed by atoms with E-state index in [1.807, 2.05) is 52.0 Å². The van der Waals surface area contributed by atoms with Gasteiger partial charge in [0.2, 0.25) is 5.88 Å². The number of pyridine rings is 2. The lowest BCUT2D eigenvalue weighted by Gasteiger charge is -2.41. The highest BCUT2D eigenvalue weighted by Crippen LogP contribution is 2.49. The van der Waals surface area contributed by atoms with Crippen LogP contribution < -0.4 is 19.1 Å². The van der Waals surface area contributed by atoms with Crippen LogP contribution in [0.1, 0.15) is 72.9 Å². The summed E-state index contributed by atoms with van der Waals surface area (Å²) < 4.78 is 24.9. The number of aromatic hydroxyl groups is 1. The third-order valence-corrected chi connectivity index (χ3v) is 9.16. The van der Waals surface area contributed by atoms with Crippen LogP contribution in [0.2, 0.25) is 0 Å². The van der Waals surface area contributed by atoms with Crippen LogP contribution in [0.3, 0.4) is 0 Å². The number of carbonyl (C=O) groups excluding carboxylic acids is 2. The number of benzene rings is 2. The van der Waals surface area contributed by atoms with Crippen molar-refractivity contribution in [1.29, 1.82) is 0 Å². The van der Waals surface area contributed by atoms with E-state index in [9.17, 15) is 19.5 Å². The number of aromatic amines is 1. The molecule has 0 saturated heterocycles. The van der Waals surface area contributed by atoms with E-state index in [0.717, 1.165) is 22.5 Å². The van der Waals surface area contributed by atoms with Gasteiger partial charge < -0.3 is 24.1 Å². The number of esters is 2. The van der Waals surface area contributed by atoms with Crippen molar-refractivity contribution in [2.75, 3.05) is 6.61 Å². The summed E-state index contributed by atoms with van der Waals surface area (Å²) in [5, 5.41) is 9.93. The predicted molar refractivity (Wildman–Crippen MR) is 177 cm³/mol. The van der Waals surface area contributed by atoms with Gasteiger partial charge in [0.05, 0.1) is 16.0 Å². The number of rotatable bonds is 9. The van der Waals surface area contributed by atoms with Gasteiger partial charge in [-0.05, 0) is 80.8 Å². The molecule has 0 spiro atoms. The fraction of sp³-hybridized carbons (Fsp3) is 0.250. The van der Waals surface area contributed by atoms with Crippen molar-refractivity contribution in [2.45, 2.75) is 52.2 Å². The lowest BCUT2D eigenvalue weighted by Crippen LogP contribution is -2.45. The van der Waals surface area contributed by atoms with Crippen molar-refractivity contribution >= 4 is 23.3 Å². The van der Waals surface area contributed by atoms with E-state index in [0.29, 0.717) is 56.4 Å². The Morgan fingerprint density at radius 3 is 2.25 bits per heavy atom. The van der Waals surface area contributed by atoms with Crippen LogP contribution in [0.4, 0.5) is 0 Å². The molecule has 3 aromatic heterocycles. The molecule has 48 heavy (non-hydrogen) atoms. The minimum absolute atomic E-state index is 0.119. The minimum Gasteiger partial charge on any atom is -0.494 e. The smallest absolute Gasteiger partial charge is 0.345 e. The Labute approximate surface area is 280 Å². The van der Waals surface area contributed by atoms with Gasteiger partial charge in [0.25, 0.3) is 0 Å². The summed E-state index contributed by atoms with van der Waals surface area (Å²) in [6.07, 6.45) is 5.91. The number of carbonyl (C=O) groups is 2. The van der Waals surface area contributed by atoms with Crippen LogP contribution in [0.25, 0.3) is 0 Å². The highest BCUT2D eigenvalue weighted by Gasteiger charge is 2.43. The SMILES string of the molecule is Cc1c(C)c2c(c(C)c1OC(=O)c1cccnc1)C(OC(=O)c1cccnc1)CC(C)(COc1ccc(Cc3sc(=O)[nH]c3O)cc1)O2. The molecule has 0 amide bonds. The van der Waals surface area contributed by atoms with Gasteiger partial charge in [-0.25, -0.2) is 9.59 Å². The number of nitrogens with one attached hydrogen (secondary N) is 1. The number of ether oxygens (including phenoxy) is 4. The van der Waals surface area contributed by atoms with Gasteiger partial charge in [-0.15, -0.1) is 0 Å². The zero-order valence-electron chi connectivity index (χ0n) is 26.7. The highest BCUT2D eigenvalue weighted by atomic mass is 32.1. The number of H-pyrrole nitrogens is 1. The highest BCUT2D eigenvalue weighted by molar-refractivity contribution is 7.09. The van der Waals surface area contributed by atoms with Gasteiger partial charge in [-0.2, -0.15) is 0 Å². The Kier molecular flexibility index (Phi) is 9.01.